The highest BCUT2D eigenvalue weighted by atomic mass is 35.5. The third kappa shape index (κ3) is 3.55. The van der Waals surface area contributed by atoms with Crippen molar-refractivity contribution in [1.29, 1.82) is 0 Å². The van der Waals surface area contributed by atoms with E-state index >= 15 is 0 Å². The third-order valence-electron chi connectivity index (χ3n) is 2.59. The molecule has 2 rings (SSSR count). The van der Waals surface area contributed by atoms with Crippen LogP contribution in [0, 0.1) is 0 Å². The molecule has 18 heavy (non-hydrogen) atoms. The molecule has 0 amide bonds. The number of nitrogen functional groups attached to an aromatic ring is 1. The van der Waals surface area contributed by atoms with Gasteiger partial charge in [-0.1, -0.05) is 6.07 Å². The third-order valence-corrected chi connectivity index (χ3v) is 2.59. The fraction of sp³-hybridized carbons (Fsp3) is 0.455. The van der Waals surface area contributed by atoms with Gasteiger partial charge in [0.15, 0.2) is 11.5 Å². The van der Waals surface area contributed by atoms with Crippen LogP contribution in [0.2, 0.25) is 0 Å². The van der Waals surface area contributed by atoms with Gasteiger partial charge in [0.2, 0.25) is 6.79 Å². The maximum Gasteiger partial charge on any atom is 0.231 e. The first-order chi connectivity index (χ1) is 7.72. The summed E-state index contributed by atoms with van der Waals surface area (Å²) in [6.07, 6.45) is 0. The second-order valence-electron chi connectivity index (χ2n) is 3.83. The molecular weight excluding hydrogens is 279 g/mol. The SMILES string of the molecule is CN(CCO)Cc1ccc2c(c1N)OCO2.Cl.Cl. The number of fused-ring (bicyclic) bond motifs is 1. The van der Waals surface area contributed by atoms with E-state index in [0.29, 0.717) is 30.3 Å². The molecule has 1 heterocycles. The number of benzene rings is 1. The van der Waals surface area contributed by atoms with Crippen molar-refractivity contribution in [2.24, 2.45) is 0 Å². The Hall–Kier alpha value is -0.880. The van der Waals surface area contributed by atoms with Crippen molar-refractivity contribution in [3.05, 3.63) is 17.7 Å². The molecule has 0 bridgehead atoms. The summed E-state index contributed by atoms with van der Waals surface area (Å²) in [6.45, 7) is 1.67. The molecular formula is C11H18Cl2N2O3. The minimum atomic E-state index is 0. The highest BCUT2D eigenvalue weighted by Crippen LogP contribution is 2.39. The molecule has 7 heteroatoms. The molecule has 0 aliphatic carbocycles. The Balaban J connectivity index is 0.00000144. The summed E-state index contributed by atoms with van der Waals surface area (Å²) in [5.74, 6) is 1.33. The summed E-state index contributed by atoms with van der Waals surface area (Å²) in [4.78, 5) is 1.99. The van der Waals surface area contributed by atoms with E-state index in [9.17, 15) is 0 Å². The van der Waals surface area contributed by atoms with Gasteiger partial charge in [0.25, 0.3) is 0 Å². The van der Waals surface area contributed by atoms with Gasteiger partial charge < -0.3 is 20.3 Å². The lowest BCUT2D eigenvalue weighted by Gasteiger charge is -2.16. The predicted molar refractivity (Wildman–Crippen MR) is 74.9 cm³/mol. The van der Waals surface area contributed by atoms with Crippen LogP contribution in [0.3, 0.4) is 0 Å². The Kier molecular flexibility index (Phi) is 7.16. The number of aliphatic hydroxyl groups is 1. The van der Waals surface area contributed by atoms with Crippen LogP contribution in [0.1, 0.15) is 5.56 Å². The Morgan fingerprint density at radius 1 is 1.33 bits per heavy atom. The van der Waals surface area contributed by atoms with Crippen molar-refractivity contribution in [2.75, 3.05) is 32.7 Å². The van der Waals surface area contributed by atoms with E-state index < -0.39 is 0 Å². The predicted octanol–water partition coefficient (Wildman–Crippen LogP) is 1.27. The van der Waals surface area contributed by atoms with Gasteiger partial charge in [-0.15, -0.1) is 24.8 Å². The van der Waals surface area contributed by atoms with Gasteiger partial charge in [-0.25, -0.2) is 0 Å². The number of rotatable bonds is 4. The van der Waals surface area contributed by atoms with Crippen molar-refractivity contribution < 1.29 is 14.6 Å². The minimum Gasteiger partial charge on any atom is -0.454 e. The second-order valence-corrected chi connectivity index (χ2v) is 3.83. The van der Waals surface area contributed by atoms with Crippen molar-refractivity contribution in [3.8, 4) is 11.5 Å². The molecule has 0 atom stereocenters. The van der Waals surface area contributed by atoms with Crippen LogP contribution >= 0.6 is 24.8 Å². The quantitative estimate of drug-likeness (QED) is 0.819. The second kappa shape index (κ2) is 7.53. The summed E-state index contributed by atoms with van der Waals surface area (Å²) < 4.78 is 10.5. The van der Waals surface area contributed by atoms with Crippen molar-refractivity contribution in [2.45, 2.75) is 6.54 Å². The van der Waals surface area contributed by atoms with Crippen LogP contribution in [0.4, 0.5) is 5.69 Å². The normalized spacial score (nSPS) is 11.9. The zero-order valence-electron chi connectivity index (χ0n) is 10.1. The van der Waals surface area contributed by atoms with Crippen LogP contribution in [-0.2, 0) is 6.54 Å². The minimum absolute atomic E-state index is 0. The van der Waals surface area contributed by atoms with E-state index in [1.54, 1.807) is 0 Å². The number of likely N-dealkylation sites (N-methyl/N-ethyl adjacent to an activating group) is 1. The number of ether oxygens (including phenoxy) is 2. The Bertz CT molecular complexity index is 391. The lowest BCUT2D eigenvalue weighted by molar-refractivity contribution is 0.174. The zero-order chi connectivity index (χ0) is 11.5. The van der Waals surface area contributed by atoms with Crippen LogP contribution in [0.5, 0.6) is 11.5 Å². The molecule has 1 aromatic rings. The molecule has 0 saturated carbocycles. The maximum absolute atomic E-state index is 8.82. The highest BCUT2D eigenvalue weighted by Gasteiger charge is 2.19. The molecule has 0 aromatic heterocycles. The summed E-state index contributed by atoms with van der Waals surface area (Å²) in [7, 11) is 1.93. The summed E-state index contributed by atoms with van der Waals surface area (Å²) in [6, 6.07) is 3.79. The van der Waals surface area contributed by atoms with Crippen LogP contribution in [0.15, 0.2) is 12.1 Å². The van der Waals surface area contributed by atoms with Gasteiger partial charge in [-0.3, -0.25) is 4.90 Å². The topological polar surface area (TPSA) is 68.0 Å². The summed E-state index contributed by atoms with van der Waals surface area (Å²) in [5, 5.41) is 8.82. The molecule has 1 aliphatic rings. The lowest BCUT2D eigenvalue weighted by atomic mass is 10.1. The fourth-order valence-electron chi connectivity index (χ4n) is 1.71. The van der Waals surface area contributed by atoms with E-state index in [1.807, 2.05) is 24.1 Å². The van der Waals surface area contributed by atoms with Crippen LogP contribution < -0.4 is 15.2 Å². The first kappa shape index (κ1) is 17.1. The van der Waals surface area contributed by atoms with E-state index in [2.05, 4.69) is 0 Å². The van der Waals surface area contributed by atoms with Crippen molar-refractivity contribution in [3.63, 3.8) is 0 Å². The van der Waals surface area contributed by atoms with Crippen molar-refractivity contribution >= 4 is 30.5 Å². The number of anilines is 1. The van der Waals surface area contributed by atoms with Gasteiger partial charge in [0.05, 0.1) is 12.3 Å². The van der Waals surface area contributed by atoms with E-state index in [-0.39, 0.29) is 38.2 Å². The molecule has 0 radical (unpaired) electrons. The van der Waals surface area contributed by atoms with Crippen LogP contribution in [0.25, 0.3) is 0 Å². The average Bonchev–Trinajstić information content (AvgIpc) is 2.71. The monoisotopic (exact) mass is 296 g/mol. The van der Waals surface area contributed by atoms with E-state index in [1.165, 1.54) is 0 Å². The molecule has 1 aromatic carbocycles. The maximum atomic E-state index is 8.82. The molecule has 0 fully saturated rings. The number of aliphatic hydroxyl groups excluding tert-OH is 1. The molecule has 1 aliphatic heterocycles. The fourth-order valence-corrected chi connectivity index (χ4v) is 1.71. The van der Waals surface area contributed by atoms with Gasteiger partial charge in [0.1, 0.15) is 0 Å². The number of hydrogen-bond donors (Lipinski definition) is 2. The average molecular weight is 297 g/mol. The number of nitrogens with two attached hydrogens (primary N) is 1. The van der Waals surface area contributed by atoms with E-state index in [4.69, 9.17) is 20.3 Å². The van der Waals surface area contributed by atoms with Gasteiger partial charge in [0, 0.05) is 13.1 Å². The Labute approximate surface area is 119 Å². The van der Waals surface area contributed by atoms with Crippen molar-refractivity contribution in [1.82, 2.24) is 4.90 Å². The molecule has 3 N–H and O–H groups in total. The lowest BCUT2D eigenvalue weighted by Crippen LogP contribution is -2.22. The van der Waals surface area contributed by atoms with E-state index in [0.717, 1.165) is 5.56 Å². The standard InChI is InChI=1S/C11H16N2O3.2ClH/c1-13(4-5-14)6-8-2-3-9-11(10(8)12)16-7-15-9;;/h2-3,14H,4-7,12H2,1H3;2*1H. The first-order valence-electron chi connectivity index (χ1n) is 5.18. The number of nitrogens with zero attached hydrogens (tertiary/aromatic N) is 1. The van der Waals surface area contributed by atoms with Gasteiger partial charge >= 0.3 is 0 Å². The highest BCUT2D eigenvalue weighted by molar-refractivity contribution is 5.85. The van der Waals surface area contributed by atoms with Gasteiger partial charge in [-0.05, 0) is 18.7 Å². The summed E-state index contributed by atoms with van der Waals surface area (Å²) in [5.41, 5.74) is 7.60. The smallest absolute Gasteiger partial charge is 0.231 e. The molecule has 0 saturated heterocycles. The molecule has 0 spiro atoms. The Morgan fingerprint density at radius 3 is 2.72 bits per heavy atom. The number of halogens is 2. The number of hydrogen-bond acceptors (Lipinski definition) is 5. The largest absolute Gasteiger partial charge is 0.454 e. The Morgan fingerprint density at radius 2 is 2.06 bits per heavy atom. The molecule has 0 unspecified atom stereocenters. The van der Waals surface area contributed by atoms with Gasteiger partial charge in [-0.2, -0.15) is 0 Å². The first-order valence-corrected chi connectivity index (χ1v) is 5.18. The molecule has 5 nitrogen and oxygen atoms in total. The molecule has 104 valence electrons. The summed E-state index contributed by atoms with van der Waals surface area (Å²) >= 11 is 0. The zero-order valence-corrected chi connectivity index (χ0v) is 11.7. The van der Waals surface area contributed by atoms with Crippen LogP contribution in [-0.4, -0.2) is 37.0 Å².